The predicted molar refractivity (Wildman–Crippen MR) is 74.8 cm³/mol. The lowest BCUT2D eigenvalue weighted by atomic mass is 10.1. The van der Waals surface area contributed by atoms with Crippen LogP contribution in [0.5, 0.6) is 0 Å². The first kappa shape index (κ1) is 11.6. The molecule has 0 aromatic heterocycles. The van der Waals surface area contributed by atoms with E-state index >= 15 is 0 Å². The Labute approximate surface area is 109 Å². The topological polar surface area (TPSA) is 36.4 Å². The Morgan fingerprint density at radius 2 is 2.06 bits per heavy atom. The molecule has 0 heterocycles. The third-order valence-electron chi connectivity index (χ3n) is 3.82. The van der Waals surface area contributed by atoms with Gasteiger partial charge in [-0.05, 0) is 30.7 Å². The fraction of sp³-hybridized carbons (Fsp3) is 0.533. The molecule has 3 heteroatoms. The number of aliphatic imine (C=N–C) groups is 1. The molecule has 0 amide bonds. The van der Waals surface area contributed by atoms with Crippen LogP contribution in [0.3, 0.4) is 0 Å². The van der Waals surface area contributed by atoms with E-state index in [1.54, 1.807) is 0 Å². The van der Waals surface area contributed by atoms with Crippen LogP contribution in [0.2, 0.25) is 0 Å². The molecular weight excluding hydrogens is 222 g/mol. The molecule has 3 rings (SSSR count). The number of hydrogen-bond acceptors (Lipinski definition) is 1. The van der Waals surface area contributed by atoms with Crippen LogP contribution < -0.4 is 10.6 Å². The number of nitrogens with zero attached hydrogens (tertiary/aromatic N) is 1. The van der Waals surface area contributed by atoms with Gasteiger partial charge in [0.15, 0.2) is 5.96 Å². The first-order chi connectivity index (χ1) is 8.86. The SMILES string of the molecule is CN=C(NCC1CC1)NC1CC1c1ccccc1. The van der Waals surface area contributed by atoms with Crippen LogP contribution in [0.15, 0.2) is 35.3 Å². The molecule has 96 valence electrons. The van der Waals surface area contributed by atoms with Crippen molar-refractivity contribution in [2.24, 2.45) is 10.9 Å². The summed E-state index contributed by atoms with van der Waals surface area (Å²) in [6.07, 6.45) is 3.97. The Hall–Kier alpha value is -1.51. The van der Waals surface area contributed by atoms with E-state index in [2.05, 4.69) is 46.0 Å². The molecule has 0 aliphatic heterocycles. The molecule has 2 atom stereocenters. The lowest BCUT2D eigenvalue weighted by molar-refractivity contribution is 0.731. The fourth-order valence-electron chi connectivity index (χ4n) is 2.36. The lowest BCUT2D eigenvalue weighted by Gasteiger charge is -2.11. The maximum Gasteiger partial charge on any atom is 0.191 e. The third kappa shape index (κ3) is 2.84. The molecule has 0 spiro atoms. The van der Waals surface area contributed by atoms with E-state index in [0.29, 0.717) is 12.0 Å². The Morgan fingerprint density at radius 1 is 1.28 bits per heavy atom. The quantitative estimate of drug-likeness (QED) is 0.628. The zero-order valence-electron chi connectivity index (χ0n) is 10.9. The zero-order valence-corrected chi connectivity index (χ0v) is 10.9. The van der Waals surface area contributed by atoms with Crippen molar-refractivity contribution in [1.29, 1.82) is 0 Å². The summed E-state index contributed by atoms with van der Waals surface area (Å²) in [5.41, 5.74) is 1.44. The highest BCUT2D eigenvalue weighted by Crippen LogP contribution is 2.40. The largest absolute Gasteiger partial charge is 0.356 e. The van der Waals surface area contributed by atoms with Gasteiger partial charge in [0.1, 0.15) is 0 Å². The lowest BCUT2D eigenvalue weighted by Crippen LogP contribution is -2.39. The maximum absolute atomic E-state index is 4.29. The van der Waals surface area contributed by atoms with Gasteiger partial charge >= 0.3 is 0 Å². The number of benzene rings is 1. The Bertz CT molecular complexity index is 423. The molecule has 0 bridgehead atoms. The monoisotopic (exact) mass is 243 g/mol. The molecule has 0 saturated heterocycles. The van der Waals surface area contributed by atoms with Crippen LogP contribution in [0.4, 0.5) is 0 Å². The summed E-state index contributed by atoms with van der Waals surface area (Å²) in [5, 5.41) is 6.92. The summed E-state index contributed by atoms with van der Waals surface area (Å²) < 4.78 is 0. The van der Waals surface area contributed by atoms with E-state index in [0.717, 1.165) is 18.4 Å². The summed E-state index contributed by atoms with van der Waals surface area (Å²) in [7, 11) is 1.85. The van der Waals surface area contributed by atoms with Crippen molar-refractivity contribution < 1.29 is 0 Å². The summed E-state index contributed by atoms with van der Waals surface area (Å²) in [6, 6.07) is 11.3. The Kier molecular flexibility index (Phi) is 3.22. The van der Waals surface area contributed by atoms with E-state index in [1.165, 1.54) is 24.8 Å². The highest BCUT2D eigenvalue weighted by molar-refractivity contribution is 5.80. The highest BCUT2D eigenvalue weighted by Gasteiger charge is 2.38. The van der Waals surface area contributed by atoms with Crippen LogP contribution >= 0.6 is 0 Å². The van der Waals surface area contributed by atoms with E-state index in [-0.39, 0.29) is 0 Å². The fourth-order valence-corrected chi connectivity index (χ4v) is 2.36. The minimum absolute atomic E-state index is 0.554. The second-order valence-corrected chi connectivity index (χ2v) is 5.40. The van der Waals surface area contributed by atoms with Crippen molar-refractivity contribution >= 4 is 5.96 Å². The molecule has 2 saturated carbocycles. The van der Waals surface area contributed by atoms with Gasteiger partial charge in [-0.15, -0.1) is 0 Å². The van der Waals surface area contributed by atoms with Crippen molar-refractivity contribution in [3.05, 3.63) is 35.9 Å². The molecular formula is C15H21N3. The number of nitrogens with one attached hydrogen (secondary N) is 2. The van der Waals surface area contributed by atoms with Gasteiger partial charge in [-0.2, -0.15) is 0 Å². The molecule has 2 N–H and O–H groups in total. The van der Waals surface area contributed by atoms with Crippen molar-refractivity contribution in [2.45, 2.75) is 31.2 Å². The second-order valence-electron chi connectivity index (χ2n) is 5.40. The molecule has 2 aliphatic rings. The van der Waals surface area contributed by atoms with Crippen molar-refractivity contribution in [3.8, 4) is 0 Å². The van der Waals surface area contributed by atoms with Crippen molar-refractivity contribution in [3.63, 3.8) is 0 Å². The van der Waals surface area contributed by atoms with E-state index in [4.69, 9.17) is 0 Å². The van der Waals surface area contributed by atoms with Gasteiger partial charge in [-0.25, -0.2) is 0 Å². The van der Waals surface area contributed by atoms with Gasteiger partial charge in [-0.1, -0.05) is 30.3 Å². The Balaban J connectivity index is 1.48. The molecule has 18 heavy (non-hydrogen) atoms. The van der Waals surface area contributed by atoms with Gasteiger partial charge in [0, 0.05) is 25.6 Å². The average Bonchev–Trinajstić information content (AvgIpc) is 3.30. The summed E-state index contributed by atoms with van der Waals surface area (Å²) in [6.45, 7) is 1.07. The first-order valence-electron chi connectivity index (χ1n) is 6.89. The van der Waals surface area contributed by atoms with Crippen molar-refractivity contribution in [1.82, 2.24) is 10.6 Å². The highest BCUT2D eigenvalue weighted by atomic mass is 15.2. The normalized spacial score (nSPS) is 26.8. The van der Waals surface area contributed by atoms with Crippen LogP contribution in [0, 0.1) is 5.92 Å². The third-order valence-corrected chi connectivity index (χ3v) is 3.82. The molecule has 2 unspecified atom stereocenters. The summed E-state index contributed by atoms with van der Waals surface area (Å²) in [4.78, 5) is 4.29. The van der Waals surface area contributed by atoms with E-state index in [1.807, 2.05) is 7.05 Å². The summed E-state index contributed by atoms with van der Waals surface area (Å²) in [5.74, 6) is 2.50. The van der Waals surface area contributed by atoms with Crippen molar-refractivity contribution in [2.75, 3.05) is 13.6 Å². The second kappa shape index (κ2) is 5.01. The summed E-state index contributed by atoms with van der Waals surface area (Å²) >= 11 is 0. The van der Waals surface area contributed by atoms with Crippen LogP contribution in [0.1, 0.15) is 30.7 Å². The van der Waals surface area contributed by atoms with Crippen LogP contribution in [-0.4, -0.2) is 25.6 Å². The Morgan fingerprint density at radius 3 is 2.72 bits per heavy atom. The number of guanidine groups is 1. The van der Waals surface area contributed by atoms with Crippen LogP contribution in [0.25, 0.3) is 0 Å². The minimum Gasteiger partial charge on any atom is -0.356 e. The average molecular weight is 243 g/mol. The smallest absolute Gasteiger partial charge is 0.191 e. The maximum atomic E-state index is 4.29. The number of hydrogen-bond donors (Lipinski definition) is 2. The first-order valence-corrected chi connectivity index (χ1v) is 6.89. The zero-order chi connectivity index (χ0) is 12.4. The van der Waals surface area contributed by atoms with Crippen LogP contribution in [-0.2, 0) is 0 Å². The molecule has 2 fully saturated rings. The minimum atomic E-state index is 0.554. The predicted octanol–water partition coefficient (Wildman–Crippen LogP) is 2.12. The van der Waals surface area contributed by atoms with Gasteiger partial charge in [-0.3, -0.25) is 4.99 Å². The molecule has 2 aliphatic carbocycles. The van der Waals surface area contributed by atoms with Gasteiger partial charge in [0.2, 0.25) is 0 Å². The van der Waals surface area contributed by atoms with E-state index in [9.17, 15) is 0 Å². The van der Waals surface area contributed by atoms with E-state index < -0.39 is 0 Å². The van der Waals surface area contributed by atoms with Gasteiger partial charge in [0.25, 0.3) is 0 Å². The van der Waals surface area contributed by atoms with Gasteiger partial charge < -0.3 is 10.6 Å². The number of rotatable bonds is 4. The molecule has 0 radical (unpaired) electrons. The molecule has 3 nitrogen and oxygen atoms in total. The van der Waals surface area contributed by atoms with Gasteiger partial charge in [0.05, 0.1) is 0 Å². The standard InChI is InChI=1S/C15H21N3/c1-16-15(17-10-11-7-8-11)18-14-9-13(14)12-5-3-2-4-6-12/h2-6,11,13-14H,7-10H2,1H3,(H2,16,17,18). The molecule has 1 aromatic carbocycles. The molecule has 1 aromatic rings.